The first-order valence-corrected chi connectivity index (χ1v) is 8.50. The van der Waals surface area contributed by atoms with Gasteiger partial charge < -0.3 is 5.32 Å². The summed E-state index contributed by atoms with van der Waals surface area (Å²) >= 11 is 0. The van der Waals surface area contributed by atoms with E-state index in [0.717, 1.165) is 11.8 Å². The van der Waals surface area contributed by atoms with E-state index in [1.54, 1.807) is 11.1 Å². The maximum atomic E-state index is 3.82. The summed E-state index contributed by atoms with van der Waals surface area (Å²) in [5, 5.41) is 3.82. The summed E-state index contributed by atoms with van der Waals surface area (Å²) in [7, 11) is 0. The maximum Gasteiger partial charge on any atom is 0.0102 e. The summed E-state index contributed by atoms with van der Waals surface area (Å²) in [6.07, 6.45) is 7.87. The third kappa shape index (κ3) is 4.34. The van der Waals surface area contributed by atoms with Gasteiger partial charge in [0.25, 0.3) is 0 Å². The minimum atomic E-state index is 0.709. The van der Waals surface area contributed by atoms with E-state index in [0.29, 0.717) is 6.04 Å². The minimum absolute atomic E-state index is 0.709. The molecule has 0 fully saturated rings. The number of nitrogens with one attached hydrogen (secondary N) is 1. The zero-order chi connectivity index (χ0) is 14.4. The Morgan fingerprint density at radius 3 is 2.30 bits per heavy atom. The molecular weight excluding hydrogens is 242 g/mol. The van der Waals surface area contributed by atoms with Gasteiger partial charge in [0.05, 0.1) is 0 Å². The van der Waals surface area contributed by atoms with Crippen LogP contribution in [0.1, 0.15) is 57.6 Å². The van der Waals surface area contributed by atoms with Gasteiger partial charge in [-0.3, -0.25) is 0 Å². The zero-order valence-electron chi connectivity index (χ0n) is 13.5. The van der Waals surface area contributed by atoms with Gasteiger partial charge in [0.1, 0.15) is 0 Å². The lowest BCUT2D eigenvalue weighted by Crippen LogP contribution is -2.37. The second kappa shape index (κ2) is 7.83. The molecule has 1 N–H and O–H groups in total. The summed E-state index contributed by atoms with van der Waals surface area (Å²) in [6, 6.07) is 9.73. The number of fused-ring (bicyclic) bond motifs is 1. The lowest BCUT2D eigenvalue weighted by atomic mass is 9.91. The molecule has 1 aliphatic rings. The van der Waals surface area contributed by atoms with E-state index >= 15 is 0 Å². The molecule has 0 amide bonds. The fourth-order valence-electron chi connectivity index (χ4n) is 3.46. The molecule has 0 bridgehead atoms. The van der Waals surface area contributed by atoms with Gasteiger partial charge in [-0.25, -0.2) is 0 Å². The van der Waals surface area contributed by atoms with Crippen LogP contribution < -0.4 is 5.32 Å². The van der Waals surface area contributed by atoms with Gasteiger partial charge in [-0.15, -0.1) is 0 Å². The molecule has 0 aromatic heterocycles. The van der Waals surface area contributed by atoms with E-state index in [4.69, 9.17) is 0 Å². The Bertz CT molecular complexity index is 372. The first-order chi connectivity index (χ1) is 9.70. The van der Waals surface area contributed by atoms with Crippen molar-refractivity contribution in [2.75, 3.05) is 6.54 Å². The Morgan fingerprint density at radius 1 is 1.10 bits per heavy atom. The van der Waals surface area contributed by atoms with Gasteiger partial charge in [-0.1, -0.05) is 57.9 Å². The molecule has 1 nitrogen and oxygen atoms in total. The standard InChI is InChI=1S/C19H31N/c1-4-12-20-19(11-7-8-15(2)3)18-13-16-9-5-6-10-17(16)14-18/h5-6,9-10,15,18-20H,4,7-8,11-14H2,1-3H3. The van der Waals surface area contributed by atoms with E-state index in [2.05, 4.69) is 50.4 Å². The van der Waals surface area contributed by atoms with Crippen molar-refractivity contribution in [2.24, 2.45) is 11.8 Å². The molecule has 1 aromatic carbocycles. The molecule has 1 unspecified atom stereocenters. The van der Waals surface area contributed by atoms with Crippen LogP contribution in [0.2, 0.25) is 0 Å². The second-order valence-corrected chi connectivity index (χ2v) is 6.82. The van der Waals surface area contributed by atoms with Crippen LogP contribution in [0, 0.1) is 11.8 Å². The Labute approximate surface area is 125 Å². The van der Waals surface area contributed by atoms with Gasteiger partial charge >= 0.3 is 0 Å². The third-order valence-corrected chi connectivity index (χ3v) is 4.60. The molecule has 2 rings (SSSR count). The van der Waals surface area contributed by atoms with Crippen LogP contribution in [-0.4, -0.2) is 12.6 Å². The average Bonchev–Trinajstić information content (AvgIpc) is 2.85. The van der Waals surface area contributed by atoms with Crippen molar-refractivity contribution in [3.63, 3.8) is 0 Å². The van der Waals surface area contributed by atoms with Gasteiger partial charge in [0.2, 0.25) is 0 Å². The molecule has 1 aliphatic carbocycles. The van der Waals surface area contributed by atoms with Crippen molar-refractivity contribution in [1.29, 1.82) is 0 Å². The van der Waals surface area contributed by atoms with Crippen LogP contribution in [0.5, 0.6) is 0 Å². The molecule has 1 atom stereocenters. The minimum Gasteiger partial charge on any atom is -0.314 e. The SMILES string of the molecule is CCCNC(CCCC(C)C)C1Cc2ccccc2C1. The molecule has 0 spiro atoms. The molecule has 0 radical (unpaired) electrons. The molecule has 20 heavy (non-hydrogen) atoms. The fraction of sp³-hybridized carbons (Fsp3) is 0.684. The highest BCUT2D eigenvalue weighted by atomic mass is 14.9. The molecule has 0 saturated carbocycles. The van der Waals surface area contributed by atoms with Crippen LogP contribution in [0.4, 0.5) is 0 Å². The van der Waals surface area contributed by atoms with E-state index in [1.807, 2.05) is 0 Å². The lowest BCUT2D eigenvalue weighted by Gasteiger charge is -2.25. The Hall–Kier alpha value is -0.820. The van der Waals surface area contributed by atoms with Crippen molar-refractivity contribution in [3.05, 3.63) is 35.4 Å². The highest BCUT2D eigenvalue weighted by Crippen LogP contribution is 2.30. The summed E-state index contributed by atoms with van der Waals surface area (Å²) in [6.45, 7) is 8.10. The summed E-state index contributed by atoms with van der Waals surface area (Å²) < 4.78 is 0. The smallest absolute Gasteiger partial charge is 0.0102 e. The quantitative estimate of drug-likeness (QED) is 0.730. The van der Waals surface area contributed by atoms with Crippen molar-refractivity contribution < 1.29 is 0 Å². The first-order valence-electron chi connectivity index (χ1n) is 8.50. The van der Waals surface area contributed by atoms with Crippen molar-refractivity contribution in [1.82, 2.24) is 5.32 Å². The Kier molecular flexibility index (Phi) is 6.09. The summed E-state index contributed by atoms with van der Waals surface area (Å²) in [5.74, 6) is 1.65. The van der Waals surface area contributed by atoms with Crippen LogP contribution in [-0.2, 0) is 12.8 Å². The largest absolute Gasteiger partial charge is 0.314 e. The molecule has 112 valence electrons. The summed E-state index contributed by atoms with van der Waals surface area (Å²) in [5.41, 5.74) is 3.18. The maximum absolute atomic E-state index is 3.82. The van der Waals surface area contributed by atoms with Gasteiger partial charge in [-0.2, -0.15) is 0 Å². The number of hydrogen-bond donors (Lipinski definition) is 1. The van der Waals surface area contributed by atoms with Gasteiger partial charge in [0.15, 0.2) is 0 Å². The van der Waals surface area contributed by atoms with E-state index in [-0.39, 0.29) is 0 Å². The summed E-state index contributed by atoms with van der Waals surface area (Å²) in [4.78, 5) is 0. The fourth-order valence-corrected chi connectivity index (χ4v) is 3.46. The lowest BCUT2D eigenvalue weighted by molar-refractivity contribution is 0.330. The topological polar surface area (TPSA) is 12.0 Å². The van der Waals surface area contributed by atoms with Crippen LogP contribution in [0.15, 0.2) is 24.3 Å². The van der Waals surface area contributed by atoms with Crippen molar-refractivity contribution >= 4 is 0 Å². The monoisotopic (exact) mass is 273 g/mol. The second-order valence-electron chi connectivity index (χ2n) is 6.82. The first kappa shape index (κ1) is 15.6. The normalized spacial score (nSPS) is 16.6. The van der Waals surface area contributed by atoms with Crippen LogP contribution >= 0.6 is 0 Å². The van der Waals surface area contributed by atoms with E-state index in [9.17, 15) is 0 Å². The molecule has 0 saturated heterocycles. The number of benzene rings is 1. The van der Waals surface area contributed by atoms with E-state index in [1.165, 1.54) is 45.1 Å². The highest BCUT2D eigenvalue weighted by Gasteiger charge is 2.27. The molecule has 0 heterocycles. The molecule has 1 heteroatoms. The Morgan fingerprint density at radius 2 is 1.75 bits per heavy atom. The highest BCUT2D eigenvalue weighted by molar-refractivity contribution is 5.32. The Balaban J connectivity index is 1.90. The zero-order valence-corrected chi connectivity index (χ0v) is 13.5. The van der Waals surface area contributed by atoms with Crippen LogP contribution in [0.3, 0.4) is 0 Å². The van der Waals surface area contributed by atoms with Gasteiger partial charge in [-0.05, 0) is 55.2 Å². The number of hydrogen-bond acceptors (Lipinski definition) is 1. The third-order valence-electron chi connectivity index (χ3n) is 4.60. The molecular formula is C19H31N. The molecule has 0 aliphatic heterocycles. The van der Waals surface area contributed by atoms with Crippen molar-refractivity contribution in [2.45, 2.75) is 65.3 Å². The van der Waals surface area contributed by atoms with E-state index < -0.39 is 0 Å². The average molecular weight is 273 g/mol. The predicted octanol–water partition coefficient (Wildman–Crippen LogP) is 4.60. The van der Waals surface area contributed by atoms with Crippen molar-refractivity contribution in [3.8, 4) is 0 Å². The predicted molar refractivity (Wildman–Crippen MR) is 88.1 cm³/mol. The van der Waals surface area contributed by atoms with Gasteiger partial charge in [0, 0.05) is 6.04 Å². The van der Waals surface area contributed by atoms with Crippen LogP contribution in [0.25, 0.3) is 0 Å². The molecule has 1 aromatic rings. The number of rotatable bonds is 8.